The van der Waals surface area contributed by atoms with Crippen molar-refractivity contribution in [1.29, 1.82) is 0 Å². The molecule has 0 aromatic heterocycles. The topological polar surface area (TPSA) is 70.7 Å². The Morgan fingerprint density at radius 3 is 2.68 bits per heavy atom. The molecular weight excluding hydrogens is 342 g/mol. The average Bonchev–Trinajstić information content (AvgIpc) is 2.99. The zero-order valence-corrected chi connectivity index (χ0v) is 15.5. The molecule has 7 heteroatoms. The summed E-state index contributed by atoms with van der Waals surface area (Å²) in [6.07, 6.45) is 1.33. The minimum Gasteiger partial charge on any atom is -0.497 e. The molecule has 2 aliphatic heterocycles. The maximum Gasteiger partial charge on any atom is 0.227 e. The number of anilines is 1. The van der Waals surface area contributed by atoms with Crippen LogP contribution in [-0.2, 0) is 9.59 Å². The molecule has 0 bridgehead atoms. The Kier molecular flexibility index (Phi) is 6.67. The van der Waals surface area contributed by atoms with Crippen molar-refractivity contribution in [2.45, 2.75) is 25.8 Å². The largest absolute Gasteiger partial charge is 0.497 e. The predicted octanol–water partition coefficient (Wildman–Crippen LogP) is 1.58. The Morgan fingerprint density at radius 1 is 1.32 bits per heavy atom. The Balaban J connectivity index is 0.00000225. The maximum absolute atomic E-state index is 12.5. The van der Waals surface area contributed by atoms with Crippen LogP contribution in [0.1, 0.15) is 19.8 Å². The quantitative estimate of drug-likeness (QED) is 0.847. The molecule has 2 aliphatic rings. The highest BCUT2D eigenvalue weighted by molar-refractivity contribution is 6.00. The number of amides is 2. The number of rotatable bonds is 4. The molecule has 2 N–H and O–H groups in total. The Hall–Kier alpha value is -1.79. The molecule has 0 aliphatic carbocycles. The van der Waals surface area contributed by atoms with Crippen molar-refractivity contribution in [1.82, 2.24) is 10.6 Å². The third-order valence-corrected chi connectivity index (χ3v) is 5.04. The first-order valence-corrected chi connectivity index (χ1v) is 8.54. The molecule has 2 saturated heterocycles. The van der Waals surface area contributed by atoms with Gasteiger partial charge in [-0.1, -0.05) is 6.92 Å². The van der Waals surface area contributed by atoms with E-state index in [9.17, 15) is 9.59 Å². The van der Waals surface area contributed by atoms with E-state index in [1.54, 1.807) is 12.0 Å². The minimum atomic E-state index is -0.284. The number of halogens is 1. The molecule has 3 atom stereocenters. The summed E-state index contributed by atoms with van der Waals surface area (Å²) in [5, 5.41) is 6.43. The average molecular weight is 368 g/mol. The van der Waals surface area contributed by atoms with Crippen molar-refractivity contribution >= 4 is 29.9 Å². The molecule has 0 spiro atoms. The summed E-state index contributed by atoms with van der Waals surface area (Å²) < 4.78 is 5.14. The van der Waals surface area contributed by atoms with E-state index in [4.69, 9.17) is 4.74 Å². The van der Waals surface area contributed by atoms with Gasteiger partial charge in [-0.3, -0.25) is 9.59 Å². The number of benzene rings is 1. The molecule has 3 rings (SSSR count). The second-order valence-corrected chi connectivity index (χ2v) is 6.69. The molecule has 2 amide bonds. The van der Waals surface area contributed by atoms with Crippen LogP contribution < -0.4 is 20.3 Å². The van der Waals surface area contributed by atoms with Crippen LogP contribution in [0.25, 0.3) is 0 Å². The van der Waals surface area contributed by atoms with Crippen molar-refractivity contribution in [3.8, 4) is 5.75 Å². The van der Waals surface area contributed by atoms with Gasteiger partial charge in [0.05, 0.1) is 13.0 Å². The molecule has 3 unspecified atom stereocenters. The SMILES string of the molecule is COc1ccc(N2CC(C(=O)NC3CNCCC3C)CC2=O)cc1.Cl. The predicted molar refractivity (Wildman–Crippen MR) is 99.3 cm³/mol. The van der Waals surface area contributed by atoms with Crippen LogP contribution >= 0.6 is 12.4 Å². The van der Waals surface area contributed by atoms with E-state index >= 15 is 0 Å². The second kappa shape index (κ2) is 8.54. The van der Waals surface area contributed by atoms with Crippen LogP contribution in [-0.4, -0.2) is 44.6 Å². The van der Waals surface area contributed by atoms with Crippen molar-refractivity contribution in [3.63, 3.8) is 0 Å². The Bertz CT molecular complexity index is 608. The van der Waals surface area contributed by atoms with Gasteiger partial charge in [-0.15, -0.1) is 12.4 Å². The zero-order valence-electron chi connectivity index (χ0n) is 14.7. The third kappa shape index (κ3) is 4.44. The van der Waals surface area contributed by atoms with E-state index in [1.807, 2.05) is 24.3 Å². The van der Waals surface area contributed by atoms with Gasteiger partial charge < -0.3 is 20.3 Å². The van der Waals surface area contributed by atoms with Crippen molar-refractivity contribution < 1.29 is 14.3 Å². The summed E-state index contributed by atoms with van der Waals surface area (Å²) in [6.45, 7) is 4.40. The van der Waals surface area contributed by atoms with Gasteiger partial charge in [0.2, 0.25) is 11.8 Å². The van der Waals surface area contributed by atoms with E-state index in [0.717, 1.165) is 30.9 Å². The zero-order chi connectivity index (χ0) is 17.1. The van der Waals surface area contributed by atoms with E-state index in [0.29, 0.717) is 12.5 Å². The van der Waals surface area contributed by atoms with Gasteiger partial charge in [0, 0.05) is 31.2 Å². The highest BCUT2D eigenvalue weighted by Gasteiger charge is 2.36. The standard InChI is InChI=1S/C18H25N3O3.ClH/c1-12-7-8-19-10-16(12)20-18(23)13-9-17(22)21(11-13)14-3-5-15(24-2)6-4-14;/h3-6,12-13,16,19H,7-11H2,1-2H3,(H,20,23);1H. The van der Waals surface area contributed by atoms with Gasteiger partial charge in [0.25, 0.3) is 0 Å². The molecule has 2 fully saturated rings. The summed E-state index contributed by atoms with van der Waals surface area (Å²) >= 11 is 0. The Morgan fingerprint density at radius 2 is 2.04 bits per heavy atom. The fraction of sp³-hybridized carbons (Fsp3) is 0.556. The van der Waals surface area contributed by atoms with Crippen LogP contribution in [0.5, 0.6) is 5.75 Å². The lowest BCUT2D eigenvalue weighted by Gasteiger charge is -2.31. The Labute approximate surface area is 154 Å². The highest BCUT2D eigenvalue weighted by atomic mass is 35.5. The number of piperidine rings is 1. The van der Waals surface area contributed by atoms with Gasteiger partial charge in [0.1, 0.15) is 5.75 Å². The number of nitrogens with zero attached hydrogens (tertiary/aromatic N) is 1. The lowest BCUT2D eigenvalue weighted by molar-refractivity contribution is -0.127. The number of hydrogen-bond acceptors (Lipinski definition) is 4. The molecule has 2 heterocycles. The third-order valence-electron chi connectivity index (χ3n) is 5.04. The van der Waals surface area contributed by atoms with E-state index in [1.165, 1.54) is 0 Å². The first kappa shape index (κ1) is 19.5. The molecule has 6 nitrogen and oxygen atoms in total. The minimum absolute atomic E-state index is 0. The summed E-state index contributed by atoms with van der Waals surface area (Å²) in [4.78, 5) is 26.5. The normalized spacial score (nSPS) is 26.1. The molecular formula is C18H26ClN3O3. The lowest BCUT2D eigenvalue weighted by Crippen LogP contribution is -2.51. The first-order chi connectivity index (χ1) is 11.6. The summed E-state index contributed by atoms with van der Waals surface area (Å²) in [5.41, 5.74) is 0.809. The van der Waals surface area contributed by atoms with Crippen LogP contribution in [0, 0.1) is 11.8 Å². The first-order valence-electron chi connectivity index (χ1n) is 8.54. The van der Waals surface area contributed by atoms with Crippen LogP contribution in [0.3, 0.4) is 0 Å². The fourth-order valence-electron chi connectivity index (χ4n) is 3.38. The van der Waals surface area contributed by atoms with Gasteiger partial charge in [0.15, 0.2) is 0 Å². The second-order valence-electron chi connectivity index (χ2n) is 6.69. The van der Waals surface area contributed by atoms with E-state index < -0.39 is 0 Å². The van der Waals surface area contributed by atoms with Gasteiger partial charge in [-0.25, -0.2) is 0 Å². The number of nitrogens with one attached hydrogen (secondary N) is 2. The maximum atomic E-state index is 12.5. The molecule has 1 aromatic rings. The smallest absolute Gasteiger partial charge is 0.227 e. The summed E-state index contributed by atoms with van der Waals surface area (Å²) in [5.74, 6) is 0.909. The lowest BCUT2D eigenvalue weighted by atomic mass is 9.94. The summed E-state index contributed by atoms with van der Waals surface area (Å²) in [7, 11) is 1.61. The van der Waals surface area contributed by atoms with E-state index in [-0.39, 0.29) is 42.6 Å². The number of methoxy groups -OCH3 is 1. The van der Waals surface area contributed by atoms with Gasteiger partial charge in [-0.2, -0.15) is 0 Å². The van der Waals surface area contributed by atoms with Gasteiger partial charge in [-0.05, 0) is 43.1 Å². The number of hydrogen-bond donors (Lipinski definition) is 2. The van der Waals surface area contributed by atoms with Crippen molar-refractivity contribution in [2.24, 2.45) is 11.8 Å². The molecule has 1 aromatic carbocycles. The van der Waals surface area contributed by atoms with Crippen LogP contribution in [0.15, 0.2) is 24.3 Å². The monoisotopic (exact) mass is 367 g/mol. The number of carbonyl (C=O) groups is 2. The van der Waals surface area contributed by atoms with Gasteiger partial charge >= 0.3 is 0 Å². The van der Waals surface area contributed by atoms with E-state index in [2.05, 4.69) is 17.6 Å². The number of ether oxygens (including phenoxy) is 1. The molecule has 25 heavy (non-hydrogen) atoms. The summed E-state index contributed by atoms with van der Waals surface area (Å²) in [6, 6.07) is 7.50. The van der Waals surface area contributed by atoms with Crippen molar-refractivity contribution in [3.05, 3.63) is 24.3 Å². The highest BCUT2D eigenvalue weighted by Crippen LogP contribution is 2.27. The number of carbonyl (C=O) groups excluding carboxylic acids is 2. The van der Waals surface area contributed by atoms with Crippen LogP contribution in [0.2, 0.25) is 0 Å². The van der Waals surface area contributed by atoms with Crippen LogP contribution in [0.4, 0.5) is 5.69 Å². The molecule has 138 valence electrons. The fourth-order valence-corrected chi connectivity index (χ4v) is 3.38. The molecule has 0 saturated carbocycles. The van der Waals surface area contributed by atoms with Crippen molar-refractivity contribution in [2.75, 3.05) is 31.6 Å². The molecule has 0 radical (unpaired) electrons.